The fourth-order valence-corrected chi connectivity index (χ4v) is 5.41. The van der Waals surface area contributed by atoms with Gasteiger partial charge in [-0.05, 0) is 53.6 Å². The molecule has 0 spiro atoms. The van der Waals surface area contributed by atoms with Crippen LogP contribution >= 0.6 is 11.6 Å². The van der Waals surface area contributed by atoms with Crippen molar-refractivity contribution in [3.8, 4) is 28.2 Å². The van der Waals surface area contributed by atoms with Crippen molar-refractivity contribution in [3.63, 3.8) is 0 Å². The smallest absolute Gasteiger partial charge is 0.475 e. The van der Waals surface area contributed by atoms with E-state index in [1.54, 1.807) is 39.8 Å². The number of aliphatic hydroxyl groups excluding tert-OH is 1. The minimum Gasteiger partial charge on any atom is -0.475 e. The molecule has 6 rings (SSSR count). The molecule has 2 bridgehead atoms. The highest BCUT2D eigenvalue weighted by Crippen LogP contribution is 2.33. The number of rotatable bonds is 5. The predicted octanol–water partition coefficient (Wildman–Crippen LogP) is 3.77. The first-order valence-electron chi connectivity index (χ1n) is 14.7. The summed E-state index contributed by atoms with van der Waals surface area (Å²) in [5.41, 5.74) is 4.00. The van der Waals surface area contributed by atoms with Crippen LogP contribution in [0.25, 0.3) is 28.2 Å². The SMILES string of the molecule is C[C@@H]1CCC[C@H](n2cnc(-c3cc(Cl)ccc3-n3cnnn3)cc2=O)c2cc(ccn2)-c2c(cnn2CCO)NC1=O.O=C(O)C(F)(F)F. The number of fused-ring (bicyclic) bond motifs is 4. The van der Waals surface area contributed by atoms with Gasteiger partial charge in [-0.1, -0.05) is 24.9 Å². The minimum atomic E-state index is -5.08. The largest absolute Gasteiger partial charge is 0.490 e. The Morgan fingerprint density at radius 1 is 1.10 bits per heavy atom. The number of nitrogens with one attached hydrogen (secondary N) is 1. The molecule has 15 nitrogen and oxygen atoms in total. The Balaban J connectivity index is 0.000000606. The summed E-state index contributed by atoms with van der Waals surface area (Å²) < 4.78 is 36.4. The number of pyridine rings is 1. The summed E-state index contributed by atoms with van der Waals surface area (Å²) in [7, 11) is 0. The van der Waals surface area contributed by atoms with Gasteiger partial charge in [0.25, 0.3) is 5.56 Å². The Bertz CT molecular complexity index is 2020. The number of hydrogen-bond donors (Lipinski definition) is 3. The number of carboxylic acids is 1. The molecule has 1 aliphatic rings. The van der Waals surface area contributed by atoms with Gasteiger partial charge in [-0.2, -0.15) is 23.0 Å². The van der Waals surface area contributed by atoms with Gasteiger partial charge in [0.1, 0.15) is 6.33 Å². The molecular formula is C30H28ClF3N10O5. The van der Waals surface area contributed by atoms with E-state index in [-0.39, 0.29) is 30.5 Å². The zero-order valence-corrected chi connectivity index (χ0v) is 26.4. The van der Waals surface area contributed by atoms with E-state index in [9.17, 15) is 27.9 Å². The molecule has 19 heteroatoms. The number of carbonyl (C=O) groups excluding carboxylic acids is 1. The maximum atomic E-state index is 13.7. The van der Waals surface area contributed by atoms with Crippen LogP contribution in [0, 0.1) is 5.92 Å². The summed E-state index contributed by atoms with van der Waals surface area (Å²) in [6.07, 6.45) is 3.00. The van der Waals surface area contributed by atoms with Crippen molar-refractivity contribution in [2.45, 2.75) is 44.9 Å². The van der Waals surface area contributed by atoms with Crippen LogP contribution in [0.1, 0.15) is 37.9 Å². The van der Waals surface area contributed by atoms with Gasteiger partial charge >= 0.3 is 12.1 Å². The van der Waals surface area contributed by atoms with E-state index in [0.717, 1.165) is 5.56 Å². The second-order valence-corrected chi connectivity index (χ2v) is 11.3. The van der Waals surface area contributed by atoms with E-state index in [2.05, 4.69) is 35.9 Å². The average molecular weight is 701 g/mol. The van der Waals surface area contributed by atoms with Gasteiger partial charge < -0.3 is 15.5 Å². The molecule has 5 heterocycles. The van der Waals surface area contributed by atoms with Gasteiger partial charge in [-0.3, -0.25) is 23.8 Å². The lowest BCUT2D eigenvalue weighted by Gasteiger charge is -2.22. The van der Waals surface area contributed by atoms with Gasteiger partial charge in [-0.25, -0.2) is 9.78 Å². The third kappa shape index (κ3) is 7.98. The maximum absolute atomic E-state index is 13.7. The number of tetrazole rings is 1. The molecule has 0 unspecified atom stereocenters. The lowest BCUT2D eigenvalue weighted by atomic mass is 9.97. The fourth-order valence-electron chi connectivity index (χ4n) is 5.23. The Morgan fingerprint density at radius 3 is 2.55 bits per heavy atom. The van der Waals surface area contributed by atoms with Gasteiger partial charge in [0.05, 0.1) is 60.2 Å². The van der Waals surface area contributed by atoms with Crippen LogP contribution in [0.5, 0.6) is 0 Å². The molecule has 1 amide bonds. The third-order valence-corrected chi connectivity index (χ3v) is 7.85. The quantitative estimate of drug-likeness (QED) is 0.241. The lowest BCUT2D eigenvalue weighted by Crippen LogP contribution is -2.27. The van der Waals surface area contributed by atoms with Gasteiger partial charge in [-0.15, -0.1) is 5.10 Å². The molecule has 2 atom stereocenters. The van der Waals surface area contributed by atoms with Crippen molar-refractivity contribution < 1.29 is 33.0 Å². The summed E-state index contributed by atoms with van der Waals surface area (Å²) in [6.45, 7) is 2.01. The van der Waals surface area contributed by atoms with Crippen molar-refractivity contribution >= 4 is 29.2 Å². The average Bonchev–Trinajstić information content (AvgIpc) is 3.74. The molecule has 49 heavy (non-hydrogen) atoms. The molecule has 0 saturated carbocycles. The van der Waals surface area contributed by atoms with E-state index < -0.39 is 18.2 Å². The number of benzene rings is 1. The predicted molar refractivity (Wildman–Crippen MR) is 168 cm³/mol. The van der Waals surface area contributed by atoms with Crippen molar-refractivity contribution in [1.82, 2.24) is 44.5 Å². The van der Waals surface area contributed by atoms with Crippen molar-refractivity contribution in [2.24, 2.45) is 5.92 Å². The van der Waals surface area contributed by atoms with E-state index >= 15 is 0 Å². The number of aliphatic carboxylic acids is 1. The van der Waals surface area contributed by atoms with Crippen LogP contribution < -0.4 is 10.9 Å². The van der Waals surface area contributed by atoms with E-state index in [1.165, 1.54) is 23.4 Å². The second kappa shape index (κ2) is 14.7. The first kappa shape index (κ1) is 34.8. The highest BCUT2D eigenvalue weighted by atomic mass is 35.5. The third-order valence-electron chi connectivity index (χ3n) is 7.61. The number of amides is 1. The molecule has 5 aromatic rings. The molecule has 0 aliphatic carbocycles. The highest BCUT2D eigenvalue weighted by molar-refractivity contribution is 6.31. The molecule has 0 saturated heterocycles. The first-order valence-corrected chi connectivity index (χ1v) is 15.1. The number of anilines is 1. The number of aliphatic hydroxyl groups is 1. The van der Waals surface area contributed by atoms with Crippen LogP contribution in [-0.4, -0.2) is 79.4 Å². The molecule has 3 N–H and O–H groups in total. The van der Waals surface area contributed by atoms with Crippen LogP contribution in [0.3, 0.4) is 0 Å². The molecule has 1 aromatic carbocycles. The molecule has 0 radical (unpaired) electrons. The number of carboxylic acid groups (broad SMARTS) is 1. The zero-order valence-electron chi connectivity index (χ0n) is 25.6. The summed E-state index contributed by atoms with van der Waals surface area (Å²) in [5, 5.41) is 36.0. The topological polar surface area (TPSA) is 196 Å². The second-order valence-electron chi connectivity index (χ2n) is 10.9. The Morgan fingerprint density at radius 2 is 1.88 bits per heavy atom. The summed E-state index contributed by atoms with van der Waals surface area (Å²) >= 11 is 6.30. The van der Waals surface area contributed by atoms with Gasteiger partial charge in [0.15, 0.2) is 0 Å². The van der Waals surface area contributed by atoms with Gasteiger partial charge in [0, 0.05) is 34.3 Å². The van der Waals surface area contributed by atoms with Crippen LogP contribution in [0.2, 0.25) is 5.02 Å². The van der Waals surface area contributed by atoms with Gasteiger partial charge in [0.2, 0.25) is 5.91 Å². The maximum Gasteiger partial charge on any atom is 0.490 e. The van der Waals surface area contributed by atoms with Crippen molar-refractivity contribution in [1.29, 1.82) is 0 Å². The lowest BCUT2D eigenvalue weighted by molar-refractivity contribution is -0.192. The minimum absolute atomic E-state index is 0.116. The fraction of sp³-hybridized carbons (Fsp3) is 0.300. The first-order chi connectivity index (χ1) is 23.4. The number of carbonyl (C=O) groups is 2. The van der Waals surface area contributed by atoms with E-state index in [0.29, 0.717) is 58.3 Å². The van der Waals surface area contributed by atoms with E-state index in [1.807, 2.05) is 19.1 Å². The number of nitrogens with zero attached hydrogens (tertiary/aromatic N) is 9. The molecular weight excluding hydrogens is 673 g/mol. The Kier molecular flexibility index (Phi) is 10.5. The van der Waals surface area contributed by atoms with Crippen molar-refractivity contribution in [3.05, 3.63) is 82.5 Å². The molecule has 4 aromatic heterocycles. The summed E-state index contributed by atoms with van der Waals surface area (Å²) in [5.74, 6) is -3.14. The summed E-state index contributed by atoms with van der Waals surface area (Å²) in [4.78, 5) is 44.9. The zero-order chi connectivity index (χ0) is 35.3. The monoisotopic (exact) mass is 700 g/mol. The Hall–Kier alpha value is -5.49. The molecule has 0 fully saturated rings. The Labute approximate surface area is 280 Å². The number of aromatic nitrogens is 9. The standard InChI is InChI=1S/C28H27ClN10O3.C2HF3O2/c1-17-3-2-4-25(22-11-18(7-8-30-22)27-23(34-28(17)42)14-33-38(27)9-10-40)37-15-31-21(13-26(37)41)20-12-19(29)5-6-24(20)39-16-32-35-36-39;3-2(4,5)1(6)7/h5-8,11-17,25,40H,2-4,9-10H2,1H3,(H,34,42);(H,6,7)/t17-,25+;/m1./s1. The van der Waals surface area contributed by atoms with Crippen molar-refractivity contribution in [2.75, 3.05) is 11.9 Å². The summed E-state index contributed by atoms with van der Waals surface area (Å²) in [6, 6.07) is 9.92. The van der Waals surface area contributed by atoms with Crippen LogP contribution in [0.4, 0.5) is 18.9 Å². The number of alkyl halides is 3. The normalized spacial score (nSPS) is 16.3. The number of hydrogen-bond acceptors (Lipinski definition) is 10. The van der Waals surface area contributed by atoms with Crippen LogP contribution in [0.15, 0.2) is 66.2 Å². The molecule has 1 aliphatic heterocycles. The molecule has 256 valence electrons. The number of halogens is 4. The highest BCUT2D eigenvalue weighted by Gasteiger charge is 2.38. The van der Waals surface area contributed by atoms with E-state index in [4.69, 9.17) is 21.5 Å². The van der Waals surface area contributed by atoms with Crippen LogP contribution in [-0.2, 0) is 16.1 Å².